The molecule has 106 valence electrons. The highest BCUT2D eigenvalue weighted by Crippen LogP contribution is 2.17. The largest absolute Gasteiger partial charge is 0.381 e. The van der Waals surface area contributed by atoms with Crippen molar-refractivity contribution >= 4 is 5.69 Å². The van der Waals surface area contributed by atoms with Crippen molar-refractivity contribution in [3.05, 3.63) is 72.3 Å². The highest BCUT2D eigenvalue weighted by atomic mass is 19.1. The maximum Gasteiger partial charge on any atom is 0.131 e. The molecule has 0 saturated heterocycles. The minimum absolute atomic E-state index is 0.0206. The lowest BCUT2D eigenvalue weighted by molar-refractivity contribution is 0.560. The third-order valence-electron chi connectivity index (χ3n) is 3.09. The summed E-state index contributed by atoms with van der Waals surface area (Å²) >= 11 is 0. The second-order valence-corrected chi connectivity index (χ2v) is 4.47. The van der Waals surface area contributed by atoms with Gasteiger partial charge in [0.15, 0.2) is 0 Å². The van der Waals surface area contributed by atoms with Crippen LogP contribution >= 0.6 is 0 Å². The Balaban J connectivity index is 1.78. The van der Waals surface area contributed by atoms with E-state index in [1.165, 1.54) is 18.2 Å². The van der Waals surface area contributed by atoms with Crippen LogP contribution < -0.4 is 5.32 Å². The zero-order valence-corrected chi connectivity index (χ0v) is 11.0. The Labute approximate surface area is 120 Å². The van der Waals surface area contributed by atoms with Crippen LogP contribution in [-0.2, 0) is 6.54 Å². The first-order valence-electron chi connectivity index (χ1n) is 6.36. The number of nitrogens with zero attached hydrogens (tertiary/aromatic N) is 3. The number of hydrogen-bond donors (Lipinski definition) is 1. The number of rotatable bonds is 4. The molecule has 0 aliphatic rings. The standard InChI is InChI=1S/C15H12F2N4/c16-14-5-2-6-15(17)13(14)8-18-11-3-1-4-12(7-11)21-9-19-20-10-21/h1-7,9-10,18H,8H2. The Bertz CT molecular complexity index is 721. The van der Waals surface area contributed by atoms with Crippen molar-refractivity contribution < 1.29 is 8.78 Å². The van der Waals surface area contributed by atoms with Crippen LogP contribution in [0.3, 0.4) is 0 Å². The average molecular weight is 286 g/mol. The van der Waals surface area contributed by atoms with Gasteiger partial charge in [0.25, 0.3) is 0 Å². The summed E-state index contributed by atoms with van der Waals surface area (Å²) in [5, 5.41) is 10.5. The highest BCUT2D eigenvalue weighted by Gasteiger charge is 2.08. The SMILES string of the molecule is Fc1cccc(F)c1CNc1cccc(-n2cnnc2)c1. The van der Waals surface area contributed by atoms with E-state index in [-0.39, 0.29) is 12.1 Å². The van der Waals surface area contributed by atoms with Crippen LogP contribution in [0.4, 0.5) is 14.5 Å². The molecule has 0 aliphatic carbocycles. The molecule has 0 unspecified atom stereocenters. The fourth-order valence-corrected chi connectivity index (χ4v) is 2.00. The van der Waals surface area contributed by atoms with Gasteiger partial charge in [0.1, 0.15) is 24.3 Å². The molecule has 0 amide bonds. The van der Waals surface area contributed by atoms with Crippen molar-refractivity contribution in [3.63, 3.8) is 0 Å². The Morgan fingerprint density at radius 3 is 2.33 bits per heavy atom. The molecule has 0 saturated carbocycles. The number of nitrogens with one attached hydrogen (secondary N) is 1. The van der Waals surface area contributed by atoms with E-state index in [2.05, 4.69) is 15.5 Å². The summed E-state index contributed by atoms with van der Waals surface area (Å²) in [5.41, 5.74) is 1.63. The third kappa shape index (κ3) is 2.89. The van der Waals surface area contributed by atoms with Crippen molar-refractivity contribution in [3.8, 4) is 5.69 Å². The number of hydrogen-bond acceptors (Lipinski definition) is 3. The zero-order valence-electron chi connectivity index (χ0n) is 11.0. The molecule has 4 nitrogen and oxygen atoms in total. The second-order valence-electron chi connectivity index (χ2n) is 4.47. The maximum atomic E-state index is 13.6. The van der Waals surface area contributed by atoms with Crippen LogP contribution in [0.15, 0.2) is 55.1 Å². The van der Waals surface area contributed by atoms with Crippen molar-refractivity contribution in [2.75, 3.05) is 5.32 Å². The maximum absolute atomic E-state index is 13.6. The predicted molar refractivity (Wildman–Crippen MR) is 75.0 cm³/mol. The minimum Gasteiger partial charge on any atom is -0.381 e. The summed E-state index contributed by atoms with van der Waals surface area (Å²) in [6, 6.07) is 11.2. The van der Waals surface area contributed by atoms with Gasteiger partial charge in [-0.25, -0.2) is 8.78 Å². The lowest BCUT2D eigenvalue weighted by atomic mass is 10.2. The molecular weight excluding hydrogens is 274 g/mol. The van der Waals surface area contributed by atoms with E-state index in [1.54, 1.807) is 17.2 Å². The van der Waals surface area contributed by atoms with E-state index in [0.29, 0.717) is 0 Å². The third-order valence-corrected chi connectivity index (χ3v) is 3.09. The summed E-state index contributed by atoms with van der Waals surface area (Å²) in [6.07, 6.45) is 3.16. The molecule has 2 aromatic carbocycles. The monoisotopic (exact) mass is 286 g/mol. The zero-order chi connectivity index (χ0) is 14.7. The van der Waals surface area contributed by atoms with Crippen LogP contribution in [0.25, 0.3) is 5.69 Å². The van der Waals surface area contributed by atoms with Crippen molar-refractivity contribution in [1.82, 2.24) is 14.8 Å². The molecular formula is C15H12F2N4. The summed E-state index contributed by atoms with van der Waals surface area (Å²) in [7, 11) is 0. The van der Waals surface area contributed by atoms with E-state index in [9.17, 15) is 8.78 Å². The van der Waals surface area contributed by atoms with Crippen LogP contribution in [0.5, 0.6) is 0 Å². The molecule has 1 aromatic heterocycles. The molecule has 21 heavy (non-hydrogen) atoms. The summed E-state index contributed by atoms with van der Waals surface area (Å²) in [6.45, 7) is 0.0736. The first-order valence-corrected chi connectivity index (χ1v) is 6.36. The number of anilines is 1. The van der Waals surface area contributed by atoms with Gasteiger partial charge in [0, 0.05) is 17.8 Å². The van der Waals surface area contributed by atoms with E-state index in [4.69, 9.17) is 0 Å². The van der Waals surface area contributed by atoms with Crippen LogP contribution in [0, 0.1) is 11.6 Å². The smallest absolute Gasteiger partial charge is 0.131 e. The van der Waals surface area contributed by atoms with Gasteiger partial charge >= 0.3 is 0 Å². The van der Waals surface area contributed by atoms with Gasteiger partial charge in [-0.05, 0) is 30.3 Å². The highest BCUT2D eigenvalue weighted by molar-refractivity contribution is 5.51. The molecule has 0 aliphatic heterocycles. The summed E-state index contributed by atoms with van der Waals surface area (Å²) in [4.78, 5) is 0. The minimum atomic E-state index is -0.558. The quantitative estimate of drug-likeness (QED) is 0.801. The lowest BCUT2D eigenvalue weighted by Gasteiger charge is -2.10. The van der Waals surface area contributed by atoms with E-state index in [0.717, 1.165) is 11.4 Å². The molecule has 0 atom stereocenters. The molecule has 1 heterocycles. The Morgan fingerprint density at radius 1 is 0.952 bits per heavy atom. The molecule has 0 radical (unpaired) electrons. The van der Waals surface area contributed by atoms with Gasteiger partial charge in [-0.1, -0.05) is 12.1 Å². The van der Waals surface area contributed by atoms with Crippen LogP contribution in [0.2, 0.25) is 0 Å². The molecule has 6 heteroatoms. The first kappa shape index (κ1) is 13.2. The van der Waals surface area contributed by atoms with E-state index >= 15 is 0 Å². The molecule has 3 aromatic rings. The fourth-order valence-electron chi connectivity index (χ4n) is 2.00. The number of benzene rings is 2. The van der Waals surface area contributed by atoms with E-state index < -0.39 is 11.6 Å². The van der Waals surface area contributed by atoms with Gasteiger partial charge in [-0.15, -0.1) is 10.2 Å². The average Bonchev–Trinajstić information content (AvgIpc) is 3.01. The van der Waals surface area contributed by atoms with Crippen LogP contribution in [0.1, 0.15) is 5.56 Å². The normalized spacial score (nSPS) is 10.6. The predicted octanol–water partition coefficient (Wildman–Crippen LogP) is 3.16. The van der Waals surface area contributed by atoms with Gasteiger partial charge in [0.2, 0.25) is 0 Å². The first-order chi connectivity index (χ1) is 10.2. The van der Waals surface area contributed by atoms with Crippen molar-refractivity contribution in [2.45, 2.75) is 6.54 Å². The Morgan fingerprint density at radius 2 is 1.62 bits per heavy atom. The number of aromatic nitrogens is 3. The van der Waals surface area contributed by atoms with Gasteiger partial charge < -0.3 is 5.32 Å². The molecule has 3 rings (SSSR count). The van der Waals surface area contributed by atoms with Crippen molar-refractivity contribution in [1.29, 1.82) is 0 Å². The Hall–Kier alpha value is -2.76. The lowest BCUT2D eigenvalue weighted by Crippen LogP contribution is -2.05. The summed E-state index contributed by atoms with van der Waals surface area (Å²) in [5.74, 6) is -1.12. The molecule has 0 fully saturated rings. The second kappa shape index (κ2) is 5.70. The number of halogens is 2. The molecule has 1 N–H and O–H groups in total. The van der Waals surface area contributed by atoms with Crippen LogP contribution in [-0.4, -0.2) is 14.8 Å². The molecule has 0 bridgehead atoms. The van der Waals surface area contributed by atoms with Crippen molar-refractivity contribution in [2.24, 2.45) is 0 Å². The Kier molecular flexibility index (Phi) is 3.59. The molecule has 0 spiro atoms. The topological polar surface area (TPSA) is 42.7 Å². The fraction of sp³-hybridized carbons (Fsp3) is 0.0667. The van der Waals surface area contributed by atoms with Gasteiger partial charge in [-0.3, -0.25) is 4.57 Å². The van der Waals surface area contributed by atoms with Gasteiger partial charge in [-0.2, -0.15) is 0 Å². The van der Waals surface area contributed by atoms with Gasteiger partial charge in [0.05, 0.1) is 5.69 Å². The van der Waals surface area contributed by atoms with E-state index in [1.807, 2.05) is 24.3 Å². The summed E-state index contributed by atoms with van der Waals surface area (Å²) < 4.78 is 28.9.